The normalized spacial score (nSPS) is 25.5. The van der Waals surface area contributed by atoms with Gasteiger partial charge < -0.3 is 14.6 Å². The molecule has 1 saturated carbocycles. The van der Waals surface area contributed by atoms with Crippen LogP contribution in [-0.4, -0.2) is 65.6 Å². The average molecular weight is 424 g/mol. The molecule has 10 heteroatoms. The number of ether oxygens (including phenoxy) is 2. The number of thiazole rings is 1. The van der Waals surface area contributed by atoms with Crippen molar-refractivity contribution in [3.05, 3.63) is 16.1 Å². The quantitative estimate of drug-likeness (QED) is 0.780. The first-order valence-electron chi connectivity index (χ1n) is 9.31. The lowest BCUT2D eigenvalue weighted by Crippen LogP contribution is -2.54. The summed E-state index contributed by atoms with van der Waals surface area (Å²) >= 11 is 1.69. The number of rotatable bonds is 5. The molecule has 1 N–H and O–H groups in total. The van der Waals surface area contributed by atoms with Crippen molar-refractivity contribution in [3.8, 4) is 0 Å². The fraction of sp³-hybridized carbons (Fsp3) is 0.778. The summed E-state index contributed by atoms with van der Waals surface area (Å²) in [4.78, 5) is 15.9. The molecule has 2 fully saturated rings. The summed E-state index contributed by atoms with van der Waals surface area (Å²) in [6, 6.07) is 0. The van der Waals surface area contributed by atoms with Crippen LogP contribution in [0.15, 0.2) is 5.38 Å². The molecule has 1 aromatic rings. The third-order valence-electron chi connectivity index (χ3n) is 5.11. The second kappa shape index (κ2) is 10.00. The van der Waals surface area contributed by atoms with Gasteiger partial charge in [-0.05, 0) is 26.3 Å². The van der Waals surface area contributed by atoms with E-state index < -0.39 is 12.1 Å². The Kier molecular flexibility index (Phi) is 8.23. The first-order chi connectivity index (χ1) is 13.2. The molecule has 1 saturated heterocycles. The molecule has 1 aliphatic heterocycles. The van der Waals surface area contributed by atoms with E-state index in [0.717, 1.165) is 43.5 Å². The Labute approximate surface area is 166 Å². The number of carboxylic acid groups (broad SMARTS) is 1. The van der Waals surface area contributed by atoms with Gasteiger partial charge in [-0.2, -0.15) is 13.2 Å². The number of likely N-dealkylation sites (N-methyl/N-ethyl adjacent to an activating group) is 1. The van der Waals surface area contributed by atoms with E-state index in [9.17, 15) is 13.2 Å². The average Bonchev–Trinajstić information content (AvgIpc) is 3.21. The van der Waals surface area contributed by atoms with E-state index in [1.54, 1.807) is 11.3 Å². The zero-order valence-electron chi connectivity index (χ0n) is 16.1. The van der Waals surface area contributed by atoms with Crippen molar-refractivity contribution in [3.63, 3.8) is 0 Å². The maximum absolute atomic E-state index is 10.6. The predicted molar refractivity (Wildman–Crippen MR) is 98.3 cm³/mol. The molecule has 0 radical (unpaired) electrons. The summed E-state index contributed by atoms with van der Waals surface area (Å²) in [5.74, 6) is -2.22. The molecule has 1 spiro atoms. The Morgan fingerprint density at radius 1 is 1.54 bits per heavy atom. The van der Waals surface area contributed by atoms with Crippen molar-refractivity contribution in [2.75, 3.05) is 32.8 Å². The molecule has 2 atom stereocenters. The molecule has 28 heavy (non-hydrogen) atoms. The molecule has 2 aliphatic rings. The first-order valence-corrected chi connectivity index (χ1v) is 10.2. The molecule has 0 amide bonds. The highest BCUT2D eigenvalue weighted by atomic mass is 32.1. The number of halogens is 3. The number of alkyl halides is 3. The monoisotopic (exact) mass is 424 g/mol. The van der Waals surface area contributed by atoms with Crippen LogP contribution < -0.4 is 0 Å². The molecule has 6 nitrogen and oxygen atoms in total. The molecule has 0 unspecified atom stereocenters. The summed E-state index contributed by atoms with van der Waals surface area (Å²) in [5.41, 5.74) is 1.11. The molecule has 0 bridgehead atoms. The molecular weight excluding hydrogens is 397 g/mol. The fourth-order valence-electron chi connectivity index (χ4n) is 3.68. The first kappa shape index (κ1) is 23.1. The highest BCUT2D eigenvalue weighted by molar-refractivity contribution is 7.09. The summed E-state index contributed by atoms with van der Waals surface area (Å²) in [5, 5.41) is 10.3. The Morgan fingerprint density at radius 2 is 2.25 bits per heavy atom. The Hall–Kier alpha value is -1.23. The molecule has 0 aromatic carbocycles. The topological polar surface area (TPSA) is 71.9 Å². The van der Waals surface area contributed by atoms with Crippen molar-refractivity contribution < 1.29 is 32.5 Å². The molecule has 3 rings (SSSR count). The van der Waals surface area contributed by atoms with Crippen LogP contribution >= 0.6 is 11.3 Å². The van der Waals surface area contributed by atoms with Gasteiger partial charge in [-0.3, -0.25) is 4.90 Å². The van der Waals surface area contributed by atoms with Crippen molar-refractivity contribution in [1.29, 1.82) is 0 Å². The maximum Gasteiger partial charge on any atom is 0.490 e. The minimum absolute atomic E-state index is 0.0479. The third-order valence-corrected chi connectivity index (χ3v) is 5.93. The summed E-state index contributed by atoms with van der Waals surface area (Å²) in [6.07, 6.45) is -1.40. The van der Waals surface area contributed by atoms with Crippen LogP contribution in [0.5, 0.6) is 0 Å². The summed E-state index contributed by atoms with van der Waals surface area (Å²) in [6.45, 7) is 9.85. The van der Waals surface area contributed by atoms with Crippen molar-refractivity contribution >= 4 is 17.3 Å². The number of carbonyl (C=O) groups is 1. The maximum atomic E-state index is 10.6. The molecular formula is C18H27F3N2O4S. The molecule has 160 valence electrons. The highest BCUT2D eigenvalue weighted by Gasteiger charge is 2.46. The van der Waals surface area contributed by atoms with Crippen LogP contribution in [0, 0.1) is 12.8 Å². The number of aliphatic carboxylic acids is 1. The SMILES string of the molecule is CCN1CCO[C@]2(CCC[C@H]2COCc2csc(C)n2)C1.O=C(O)C(F)(F)F. The smallest absolute Gasteiger partial charge is 0.475 e. The van der Waals surface area contributed by atoms with Crippen LogP contribution in [0.2, 0.25) is 0 Å². The lowest BCUT2D eigenvalue weighted by Gasteiger charge is -2.43. The van der Waals surface area contributed by atoms with E-state index in [0.29, 0.717) is 12.5 Å². The predicted octanol–water partition coefficient (Wildman–Crippen LogP) is 3.49. The summed E-state index contributed by atoms with van der Waals surface area (Å²) in [7, 11) is 0. The largest absolute Gasteiger partial charge is 0.490 e. The van der Waals surface area contributed by atoms with Crippen LogP contribution in [0.25, 0.3) is 0 Å². The Bertz CT molecular complexity index is 641. The van der Waals surface area contributed by atoms with Crippen LogP contribution in [0.3, 0.4) is 0 Å². The van der Waals surface area contributed by atoms with Crippen molar-refractivity contribution in [2.45, 2.75) is 51.5 Å². The minimum atomic E-state index is -5.08. The lowest BCUT2D eigenvalue weighted by molar-refractivity contribution is -0.192. The van der Waals surface area contributed by atoms with Gasteiger partial charge in [-0.1, -0.05) is 13.3 Å². The number of aryl methyl sites for hydroxylation is 1. The van der Waals surface area contributed by atoms with Gasteiger partial charge in [0.25, 0.3) is 0 Å². The standard InChI is InChI=1S/C16H26N2O2S.C2HF3O2/c1-3-18-7-8-20-16(12-18)6-4-5-14(16)9-19-10-15-11-21-13(2)17-15;3-2(4,5)1(6)7/h11,14H,3-10,12H2,1-2H3;(H,6,7)/t14-,16+;/m0./s1. The number of hydrogen-bond donors (Lipinski definition) is 1. The van der Waals surface area contributed by atoms with Crippen LogP contribution in [0.1, 0.15) is 36.9 Å². The van der Waals surface area contributed by atoms with Crippen molar-refractivity contribution in [2.24, 2.45) is 5.92 Å². The second-order valence-corrected chi connectivity index (χ2v) is 8.11. The molecule has 2 heterocycles. The Morgan fingerprint density at radius 3 is 2.82 bits per heavy atom. The van der Waals surface area contributed by atoms with Crippen LogP contribution in [0.4, 0.5) is 13.2 Å². The number of carboxylic acids is 1. The van der Waals surface area contributed by atoms with E-state index in [1.807, 2.05) is 6.92 Å². The number of hydrogen-bond acceptors (Lipinski definition) is 6. The van der Waals surface area contributed by atoms with Gasteiger partial charge in [0.05, 0.1) is 36.1 Å². The van der Waals surface area contributed by atoms with Gasteiger partial charge in [0.2, 0.25) is 0 Å². The van der Waals surface area contributed by atoms with Gasteiger partial charge >= 0.3 is 12.1 Å². The number of morpholine rings is 1. The zero-order valence-corrected chi connectivity index (χ0v) is 16.9. The minimum Gasteiger partial charge on any atom is -0.475 e. The molecule has 1 aliphatic carbocycles. The second-order valence-electron chi connectivity index (χ2n) is 7.05. The van der Waals surface area contributed by atoms with Gasteiger partial charge in [-0.25, -0.2) is 9.78 Å². The van der Waals surface area contributed by atoms with Gasteiger partial charge in [0.1, 0.15) is 0 Å². The number of nitrogens with zero attached hydrogens (tertiary/aromatic N) is 2. The van der Waals surface area contributed by atoms with Gasteiger partial charge in [-0.15, -0.1) is 11.3 Å². The summed E-state index contributed by atoms with van der Waals surface area (Å²) < 4.78 is 43.9. The highest BCUT2D eigenvalue weighted by Crippen LogP contribution is 2.41. The van der Waals surface area contributed by atoms with E-state index in [2.05, 4.69) is 22.2 Å². The zero-order chi connectivity index (χ0) is 20.8. The Balaban J connectivity index is 0.000000345. The fourth-order valence-corrected chi connectivity index (χ4v) is 4.28. The number of aromatic nitrogens is 1. The molecule has 1 aromatic heterocycles. The third kappa shape index (κ3) is 6.40. The van der Waals surface area contributed by atoms with Crippen LogP contribution in [-0.2, 0) is 20.9 Å². The van der Waals surface area contributed by atoms with E-state index >= 15 is 0 Å². The van der Waals surface area contributed by atoms with E-state index in [4.69, 9.17) is 19.4 Å². The van der Waals surface area contributed by atoms with Crippen molar-refractivity contribution in [1.82, 2.24) is 9.88 Å². The van der Waals surface area contributed by atoms with E-state index in [1.165, 1.54) is 19.3 Å². The van der Waals surface area contributed by atoms with Gasteiger partial charge in [0, 0.05) is 24.4 Å². The van der Waals surface area contributed by atoms with E-state index in [-0.39, 0.29) is 5.60 Å². The van der Waals surface area contributed by atoms with Gasteiger partial charge in [0.15, 0.2) is 0 Å². The lowest BCUT2D eigenvalue weighted by atomic mass is 9.89.